The number of thioether (sulfide) groups is 1. The molecule has 0 saturated carbocycles. The molecule has 0 atom stereocenters. The molecule has 2 N–H and O–H groups in total. The van der Waals surface area contributed by atoms with Gasteiger partial charge in [0.1, 0.15) is 0 Å². The van der Waals surface area contributed by atoms with Crippen molar-refractivity contribution in [3.8, 4) is 0 Å². The van der Waals surface area contributed by atoms with E-state index in [4.69, 9.17) is 10.3 Å². The van der Waals surface area contributed by atoms with E-state index in [9.17, 15) is 0 Å². The van der Waals surface area contributed by atoms with Crippen LogP contribution >= 0.6 is 11.8 Å². The van der Waals surface area contributed by atoms with Crippen molar-refractivity contribution in [2.75, 3.05) is 0 Å². The molecule has 0 amide bonds. The molecule has 54 valence electrons. The van der Waals surface area contributed by atoms with Crippen molar-refractivity contribution in [3.05, 3.63) is 17.0 Å². The third-order valence-electron chi connectivity index (χ3n) is 1.62. The minimum absolute atomic E-state index is 0.475. The van der Waals surface area contributed by atoms with Gasteiger partial charge >= 0.3 is 0 Å². The molecule has 4 heteroatoms. The van der Waals surface area contributed by atoms with Crippen LogP contribution < -0.4 is 5.73 Å². The van der Waals surface area contributed by atoms with Crippen LogP contribution in [-0.4, -0.2) is 5.16 Å². The zero-order valence-electron chi connectivity index (χ0n) is 5.46. The quantitative estimate of drug-likeness (QED) is 0.655. The molecule has 1 aliphatic heterocycles. The van der Waals surface area contributed by atoms with Crippen LogP contribution in [0.1, 0.15) is 17.0 Å². The summed E-state index contributed by atoms with van der Waals surface area (Å²) in [5.41, 5.74) is 7.74. The molecule has 0 fully saturated rings. The lowest BCUT2D eigenvalue weighted by atomic mass is 10.2. The zero-order chi connectivity index (χ0) is 6.97. The molecular formula is C6H8N2OS. The fourth-order valence-corrected chi connectivity index (χ4v) is 2.12. The molecule has 0 unspecified atom stereocenters. The van der Waals surface area contributed by atoms with Gasteiger partial charge in [-0.05, 0) is 0 Å². The summed E-state index contributed by atoms with van der Waals surface area (Å²) in [7, 11) is 0. The summed E-state index contributed by atoms with van der Waals surface area (Å²) < 4.78 is 5.00. The molecular weight excluding hydrogens is 148 g/mol. The van der Waals surface area contributed by atoms with Crippen molar-refractivity contribution in [1.29, 1.82) is 0 Å². The van der Waals surface area contributed by atoms with Gasteiger partial charge in [-0.25, -0.2) is 0 Å². The van der Waals surface area contributed by atoms with Gasteiger partial charge in [0.25, 0.3) is 0 Å². The first kappa shape index (κ1) is 6.24. The maximum atomic E-state index is 5.42. The maximum Gasteiger partial charge on any atom is 0.154 e. The van der Waals surface area contributed by atoms with Crippen molar-refractivity contribution < 1.29 is 4.52 Å². The van der Waals surface area contributed by atoms with Crippen molar-refractivity contribution in [1.82, 2.24) is 5.16 Å². The summed E-state index contributed by atoms with van der Waals surface area (Å²) in [5.74, 6) is 2.87. The number of nitrogens with two attached hydrogens (primary N) is 1. The number of fused-ring (bicyclic) bond motifs is 1. The van der Waals surface area contributed by atoms with E-state index < -0.39 is 0 Å². The number of aromatic nitrogens is 1. The van der Waals surface area contributed by atoms with Gasteiger partial charge in [-0.2, -0.15) is 11.8 Å². The highest BCUT2D eigenvalue weighted by molar-refractivity contribution is 7.98. The van der Waals surface area contributed by atoms with Gasteiger partial charge in [-0.3, -0.25) is 0 Å². The Kier molecular flexibility index (Phi) is 1.43. The molecule has 10 heavy (non-hydrogen) atoms. The fraction of sp³-hybridized carbons (Fsp3) is 0.500. The van der Waals surface area contributed by atoms with Gasteiger partial charge in [-0.1, -0.05) is 5.16 Å². The van der Waals surface area contributed by atoms with E-state index in [2.05, 4.69) is 5.16 Å². The number of hydrogen-bond donors (Lipinski definition) is 1. The molecule has 0 spiro atoms. The summed E-state index contributed by atoms with van der Waals surface area (Å²) in [6, 6.07) is 0. The third kappa shape index (κ3) is 0.759. The first-order valence-electron chi connectivity index (χ1n) is 3.16. The second-order valence-corrected chi connectivity index (χ2v) is 3.21. The van der Waals surface area contributed by atoms with Crippen molar-refractivity contribution >= 4 is 11.8 Å². The second kappa shape index (κ2) is 2.29. The first-order valence-corrected chi connectivity index (χ1v) is 4.31. The Hall–Kier alpha value is -0.480. The lowest BCUT2D eigenvalue weighted by Gasteiger charge is -1.88. The smallest absolute Gasteiger partial charge is 0.154 e. The SMILES string of the molecule is NCc1onc2c1CSC2. The average molecular weight is 156 g/mol. The Bertz CT molecular complexity index is 246. The predicted molar refractivity (Wildman–Crippen MR) is 39.4 cm³/mol. The summed E-state index contributed by atoms with van der Waals surface area (Å²) in [5, 5.41) is 3.89. The summed E-state index contributed by atoms with van der Waals surface area (Å²) in [4.78, 5) is 0. The maximum absolute atomic E-state index is 5.42. The van der Waals surface area contributed by atoms with Crippen molar-refractivity contribution in [3.63, 3.8) is 0 Å². The van der Waals surface area contributed by atoms with E-state index in [1.807, 2.05) is 11.8 Å². The predicted octanol–water partition coefficient (Wildman–Crippen LogP) is 0.880. The van der Waals surface area contributed by atoms with Crippen molar-refractivity contribution in [2.24, 2.45) is 5.73 Å². The minimum Gasteiger partial charge on any atom is -0.359 e. The van der Waals surface area contributed by atoms with Crippen LogP contribution in [0.4, 0.5) is 0 Å². The van der Waals surface area contributed by atoms with Crippen molar-refractivity contribution in [2.45, 2.75) is 18.1 Å². The Morgan fingerprint density at radius 1 is 1.60 bits per heavy atom. The summed E-state index contributed by atoms with van der Waals surface area (Å²) >= 11 is 1.86. The first-order chi connectivity index (χ1) is 4.92. The van der Waals surface area contributed by atoms with Gasteiger partial charge < -0.3 is 10.3 Å². The molecule has 0 saturated heterocycles. The van der Waals surface area contributed by atoms with Gasteiger partial charge in [0.2, 0.25) is 0 Å². The van der Waals surface area contributed by atoms with Crippen LogP contribution in [0, 0.1) is 0 Å². The molecule has 2 heterocycles. The molecule has 1 aliphatic rings. The van der Waals surface area contributed by atoms with Crippen LogP contribution in [-0.2, 0) is 18.1 Å². The molecule has 0 bridgehead atoms. The summed E-state index contributed by atoms with van der Waals surface area (Å²) in [6.07, 6.45) is 0. The van der Waals surface area contributed by atoms with Crippen LogP contribution in [0.2, 0.25) is 0 Å². The highest BCUT2D eigenvalue weighted by Gasteiger charge is 2.19. The highest BCUT2D eigenvalue weighted by Crippen LogP contribution is 2.31. The molecule has 1 aromatic rings. The fourth-order valence-electron chi connectivity index (χ4n) is 1.07. The van der Waals surface area contributed by atoms with Crippen LogP contribution in [0.5, 0.6) is 0 Å². The minimum atomic E-state index is 0.475. The Morgan fingerprint density at radius 3 is 3.30 bits per heavy atom. The largest absolute Gasteiger partial charge is 0.359 e. The summed E-state index contributed by atoms with van der Waals surface area (Å²) in [6.45, 7) is 0.475. The number of rotatable bonds is 1. The van der Waals surface area contributed by atoms with Gasteiger partial charge in [0.15, 0.2) is 5.76 Å². The van der Waals surface area contributed by atoms with Gasteiger partial charge in [0.05, 0.1) is 12.2 Å². The van der Waals surface area contributed by atoms with Crippen LogP contribution in [0.25, 0.3) is 0 Å². The van der Waals surface area contributed by atoms with E-state index in [-0.39, 0.29) is 0 Å². The lowest BCUT2D eigenvalue weighted by molar-refractivity contribution is 0.379. The molecule has 0 aliphatic carbocycles. The highest BCUT2D eigenvalue weighted by atomic mass is 32.2. The molecule has 2 rings (SSSR count). The monoisotopic (exact) mass is 156 g/mol. The normalized spacial score (nSPS) is 15.7. The van der Waals surface area contributed by atoms with Gasteiger partial charge in [-0.15, -0.1) is 0 Å². The number of hydrogen-bond acceptors (Lipinski definition) is 4. The Balaban J connectivity index is 2.44. The van der Waals surface area contributed by atoms with E-state index in [0.717, 1.165) is 23.0 Å². The second-order valence-electron chi connectivity index (χ2n) is 2.23. The van der Waals surface area contributed by atoms with E-state index in [1.165, 1.54) is 5.56 Å². The standard InChI is InChI=1S/C6H8N2OS/c7-1-6-4-2-10-3-5(4)8-9-6/h1-3,7H2. The van der Waals surface area contributed by atoms with Crippen LogP contribution in [0.3, 0.4) is 0 Å². The molecule has 3 nitrogen and oxygen atoms in total. The molecule has 1 aromatic heterocycles. The Morgan fingerprint density at radius 2 is 2.50 bits per heavy atom. The lowest BCUT2D eigenvalue weighted by Crippen LogP contribution is -1.96. The molecule has 0 radical (unpaired) electrons. The topological polar surface area (TPSA) is 52.0 Å². The van der Waals surface area contributed by atoms with E-state index in [0.29, 0.717) is 6.54 Å². The van der Waals surface area contributed by atoms with E-state index in [1.54, 1.807) is 0 Å². The third-order valence-corrected chi connectivity index (χ3v) is 2.59. The Labute approximate surface area is 62.9 Å². The average Bonchev–Trinajstić information content (AvgIpc) is 2.44. The van der Waals surface area contributed by atoms with E-state index >= 15 is 0 Å². The van der Waals surface area contributed by atoms with Gasteiger partial charge in [0, 0.05) is 17.1 Å². The number of nitrogens with zero attached hydrogens (tertiary/aromatic N) is 1. The molecule has 0 aromatic carbocycles. The van der Waals surface area contributed by atoms with Crippen LogP contribution in [0.15, 0.2) is 4.52 Å². The zero-order valence-corrected chi connectivity index (χ0v) is 6.28.